The van der Waals surface area contributed by atoms with E-state index < -0.39 is 41.8 Å². The first kappa shape index (κ1) is 113. The van der Waals surface area contributed by atoms with Crippen LogP contribution in [0.1, 0.15) is 166 Å². The second-order valence-corrected chi connectivity index (χ2v) is 31.6. The number of nitrogens with one attached hydrogen (secondary N) is 4. The maximum absolute atomic E-state index is 12.5. The Bertz CT molecular complexity index is 5880. The Morgan fingerprint density at radius 2 is 0.879 bits per heavy atom. The molecule has 0 bridgehead atoms. The minimum atomic E-state index is -0.472. The summed E-state index contributed by atoms with van der Waals surface area (Å²) in [5.41, 5.74) is 12.8. The SMILES string of the molecule is COC(=O)/C=C/CCC(=O)c1cc(C)nc2ccc(C)cc12.COC(=O)/C=C/CCC(=O)c1ccc(C)cc1.COC(=O)/C=C/CCC(=O)c1ccc(CN2CCc3ccccc3C2)cc1.COC(=O)/C=C/CNC(=O)[C@@H]1CCCN1C(=O)C1CC1.COC(=O)/C=C/CNC(=O)c1ccc2ccccc2n1.COC(=O)/C=C/CNC(=O)c1cccc(Cl)n1.COC(=O)/C=C/CNC(=O)c1ccnc(C)c1. The molecule has 9 aromatic rings. The largest absolute Gasteiger partial charge is 0.466 e. The monoisotopic (exact) mass is 1930 g/mol. The number of esters is 7. The van der Waals surface area contributed by atoms with Gasteiger partial charge in [0.25, 0.3) is 17.7 Å². The highest BCUT2D eigenvalue weighted by Crippen LogP contribution is 2.34. The highest BCUT2D eigenvalue weighted by Gasteiger charge is 2.41. The Labute approximate surface area is 819 Å². The van der Waals surface area contributed by atoms with Crippen molar-refractivity contribution in [3.8, 4) is 0 Å². The molecule has 4 aromatic heterocycles. The minimum absolute atomic E-state index is 0.0515. The number of carbonyl (C=O) groups is 15. The Morgan fingerprint density at radius 3 is 1.39 bits per heavy atom. The summed E-state index contributed by atoms with van der Waals surface area (Å²) in [6, 6.07) is 50.5. The average molecular weight is 1930 g/mol. The predicted molar refractivity (Wildman–Crippen MR) is 529 cm³/mol. The molecule has 1 saturated carbocycles. The summed E-state index contributed by atoms with van der Waals surface area (Å²) in [7, 11) is 9.15. The molecule has 12 rings (SSSR count). The molecule has 0 spiro atoms. The first-order chi connectivity index (χ1) is 67.4. The molecule has 4 N–H and O–H groups in total. The van der Waals surface area contributed by atoms with E-state index in [4.69, 9.17) is 11.6 Å². The van der Waals surface area contributed by atoms with E-state index in [1.54, 1.807) is 65.7 Å². The van der Waals surface area contributed by atoms with Crippen LogP contribution in [0.4, 0.5) is 0 Å². The number of hydrogen-bond acceptors (Lipinski definition) is 27. The number of fused-ring (bicyclic) bond motifs is 3. The highest BCUT2D eigenvalue weighted by atomic mass is 35.5. The van der Waals surface area contributed by atoms with E-state index in [1.807, 2.05) is 131 Å². The zero-order valence-electron chi connectivity index (χ0n) is 80.4. The van der Waals surface area contributed by atoms with E-state index in [-0.39, 0.29) is 95.9 Å². The summed E-state index contributed by atoms with van der Waals surface area (Å²) in [4.78, 5) is 192. The van der Waals surface area contributed by atoms with Gasteiger partial charge in [-0.1, -0.05) is 174 Å². The zero-order valence-corrected chi connectivity index (χ0v) is 81.1. The molecular weight excluding hydrogens is 1810 g/mol. The van der Waals surface area contributed by atoms with E-state index in [0.717, 1.165) is 89.6 Å². The van der Waals surface area contributed by atoms with Crippen LogP contribution in [-0.4, -0.2) is 213 Å². The molecule has 1 atom stereocenters. The van der Waals surface area contributed by atoms with E-state index in [9.17, 15) is 71.9 Å². The molecule has 2 aliphatic heterocycles. The van der Waals surface area contributed by atoms with Gasteiger partial charge in [0.05, 0.1) is 60.8 Å². The van der Waals surface area contributed by atoms with Crippen molar-refractivity contribution < 1.29 is 105 Å². The summed E-state index contributed by atoms with van der Waals surface area (Å²) < 4.78 is 31.2. The lowest BCUT2D eigenvalue weighted by molar-refractivity contribution is -0.139. The number of ether oxygens (including phenoxy) is 7. The van der Waals surface area contributed by atoms with Gasteiger partial charge < -0.3 is 59.3 Å². The van der Waals surface area contributed by atoms with Gasteiger partial charge in [-0.2, -0.15) is 0 Å². The Hall–Kier alpha value is -15.7. The number of para-hydroxylation sites is 1. The van der Waals surface area contributed by atoms with Gasteiger partial charge in [-0.3, -0.25) is 53.2 Å². The maximum Gasteiger partial charge on any atom is 0.330 e. The molecule has 1 saturated heterocycles. The van der Waals surface area contributed by atoms with Crippen molar-refractivity contribution in [3.63, 3.8) is 0 Å². The molecule has 5 aromatic carbocycles. The van der Waals surface area contributed by atoms with Gasteiger partial charge in [-0.05, 0) is 150 Å². The number of aryl methyl sites for hydroxylation is 4. The van der Waals surface area contributed by atoms with Gasteiger partial charge in [-0.15, -0.1) is 0 Å². The molecule has 0 radical (unpaired) electrons. The number of allylic oxidation sites excluding steroid dienone is 3. The van der Waals surface area contributed by atoms with E-state index in [2.05, 4.69) is 104 Å². The molecule has 3 aliphatic rings. The van der Waals surface area contributed by atoms with Gasteiger partial charge in [0.15, 0.2) is 17.3 Å². The molecule has 1 aliphatic carbocycles. The molecular formula is C107H119ClN10O22. The van der Waals surface area contributed by atoms with Gasteiger partial charge in [-0.25, -0.2) is 43.5 Å². The average Bonchev–Trinajstić information content (AvgIpc) is 1.80. The van der Waals surface area contributed by atoms with Crippen LogP contribution < -0.4 is 21.3 Å². The summed E-state index contributed by atoms with van der Waals surface area (Å²) in [5, 5.41) is 12.7. The third-order valence-corrected chi connectivity index (χ3v) is 20.9. The number of nitrogens with zero attached hydrogens (tertiary/aromatic N) is 6. The number of hydrogen-bond donors (Lipinski definition) is 4. The third-order valence-electron chi connectivity index (χ3n) is 20.7. The Balaban J connectivity index is 0.000000252. The molecule has 32 nitrogen and oxygen atoms in total. The lowest BCUT2D eigenvalue weighted by Crippen LogP contribution is -2.46. The predicted octanol–water partition coefficient (Wildman–Crippen LogP) is 14.1. The Kier molecular flexibility index (Phi) is 50.7. The number of ketones is 3. The summed E-state index contributed by atoms with van der Waals surface area (Å²) >= 11 is 5.64. The number of pyridine rings is 4. The van der Waals surface area contributed by atoms with Crippen molar-refractivity contribution in [3.05, 3.63) is 333 Å². The molecule has 736 valence electrons. The van der Waals surface area contributed by atoms with Gasteiger partial charge in [0.1, 0.15) is 22.6 Å². The number of halogens is 1. The summed E-state index contributed by atoms with van der Waals surface area (Å²) in [5.74, 6) is -3.54. The smallest absolute Gasteiger partial charge is 0.330 e. The van der Waals surface area contributed by atoms with Crippen molar-refractivity contribution in [2.45, 2.75) is 117 Å². The fourth-order valence-corrected chi connectivity index (χ4v) is 13.3. The number of Topliss-reactive ketones (excluding diaryl/α,β-unsaturated/α-hetero) is 3. The molecule has 0 unspecified atom stereocenters. The third kappa shape index (κ3) is 42.7. The van der Waals surface area contributed by atoms with Crippen LogP contribution in [0.2, 0.25) is 5.15 Å². The second-order valence-electron chi connectivity index (χ2n) is 31.2. The quantitative estimate of drug-likeness (QED) is 0.00956. The lowest BCUT2D eigenvalue weighted by atomic mass is 9.99. The first-order valence-electron chi connectivity index (χ1n) is 44.9. The standard InChI is InChI=1S/C23H25NO3.C18H19NO3.C15H14N2O3.C14H20N2O4.C14H16O3.C12H14N2O3.C11H11ClN2O3/c1-27-23(26)9-5-4-8-22(25)20-12-10-18(11-13-20)16-24-15-14-19-6-2-3-7-21(19)17-24;1-12-8-9-16-14(10-12)15(11-13(2)19-16)17(20)6-4-5-7-18(21)22-3;1-20-14(18)7-4-10-16-15(19)13-9-8-11-5-2-3-6-12(11)17-13;1-20-12(17)5-2-8-15-13(18)11-4-3-9-16(11)14(19)10-6-7-10;1-11-7-9-12(10-8-11)13(15)5-3-4-6-14(16)17-2;1-9-8-10(5-7-13-9)12(16)14-6-3-4-11(15)17-2;1-17-10(15)6-3-7-13-11(16)8-4-2-5-9(12)14-8/h2-3,5-7,9-13H,4,8,14-17H2,1H3;5,7-11H,4,6H2,1-3H3;2-9H,10H2,1H3,(H,16,19);2,5,10-11H,3-4,6-9H2,1H3,(H,15,18);4,6-10H,3,5H2,1-2H3;3-5,7-8H,6H2,1-2H3,(H,14,16);2-6H,7H2,1H3,(H,13,16)/b9-5+;7-5+;7-4+;5-2+;6-4+;4-3+;6-3+/t;;;11-;;;/m...0.../s1. The molecule has 2 fully saturated rings. The van der Waals surface area contributed by atoms with E-state index >= 15 is 0 Å². The van der Waals surface area contributed by atoms with Crippen LogP contribution in [-0.2, 0) is 95.8 Å². The number of rotatable bonds is 34. The molecule has 6 heterocycles. The number of methoxy groups -OCH3 is 7. The van der Waals surface area contributed by atoms with Crippen LogP contribution in [0.5, 0.6) is 0 Å². The van der Waals surface area contributed by atoms with Crippen LogP contribution in [0.25, 0.3) is 21.8 Å². The molecule has 140 heavy (non-hydrogen) atoms. The van der Waals surface area contributed by atoms with Crippen LogP contribution in [0, 0.1) is 33.6 Å². The van der Waals surface area contributed by atoms with E-state index in [0.29, 0.717) is 79.4 Å². The number of amides is 5. The fourth-order valence-electron chi connectivity index (χ4n) is 13.2. The van der Waals surface area contributed by atoms with Crippen molar-refractivity contribution in [1.29, 1.82) is 0 Å². The van der Waals surface area contributed by atoms with Crippen molar-refractivity contribution in [2.24, 2.45) is 5.92 Å². The second kappa shape index (κ2) is 62.8. The highest BCUT2D eigenvalue weighted by molar-refractivity contribution is 6.29. The summed E-state index contributed by atoms with van der Waals surface area (Å²) in [6.07, 6.45) is 28.9. The van der Waals surface area contributed by atoms with Crippen molar-refractivity contribution >= 4 is 122 Å². The fraction of sp³-hybridized carbons (Fsp3) is 0.299. The van der Waals surface area contributed by atoms with Crippen LogP contribution in [0.15, 0.2) is 255 Å². The number of likely N-dealkylation sites (tertiary alicyclic amines) is 1. The zero-order chi connectivity index (χ0) is 102. The van der Waals surface area contributed by atoms with E-state index in [1.165, 1.54) is 133 Å². The lowest BCUT2D eigenvalue weighted by Gasteiger charge is -2.28. The number of aromatic nitrogens is 4. The first-order valence-corrected chi connectivity index (χ1v) is 45.3. The maximum atomic E-state index is 12.5. The van der Waals surface area contributed by atoms with Gasteiger partial charge >= 0.3 is 41.8 Å². The van der Waals surface area contributed by atoms with Crippen molar-refractivity contribution in [1.82, 2.24) is 51.0 Å². The normalized spacial score (nSPS) is 12.9. The minimum Gasteiger partial charge on any atom is -0.466 e. The number of benzene rings is 5. The molecule has 33 heteroatoms. The van der Waals surface area contributed by atoms with Gasteiger partial charge in [0, 0.05) is 171 Å². The number of carbonyl (C=O) groups excluding carboxylic acids is 15. The molecule has 5 amide bonds. The summed E-state index contributed by atoms with van der Waals surface area (Å²) in [6.45, 7) is 12.3. The topological polar surface area (TPSA) is 427 Å². The Morgan fingerprint density at radius 1 is 0.407 bits per heavy atom. The van der Waals surface area contributed by atoms with Crippen molar-refractivity contribution in [2.75, 3.05) is 89.0 Å². The van der Waals surface area contributed by atoms with Gasteiger partial charge in [0.2, 0.25) is 11.8 Å². The van der Waals surface area contributed by atoms with Crippen LogP contribution in [0.3, 0.4) is 0 Å². The van der Waals surface area contributed by atoms with Crippen LogP contribution >= 0.6 is 11.6 Å².